The van der Waals surface area contributed by atoms with E-state index in [0.717, 1.165) is 29.3 Å². The van der Waals surface area contributed by atoms with Crippen molar-refractivity contribution in [2.45, 2.75) is 13.3 Å². The lowest BCUT2D eigenvalue weighted by Gasteiger charge is -2.04. The van der Waals surface area contributed by atoms with Crippen LogP contribution in [-0.4, -0.2) is 11.1 Å². The summed E-state index contributed by atoms with van der Waals surface area (Å²) in [6.07, 6.45) is 2.76. The van der Waals surface area contributed by atoms with Gasteiger partial charge in [-0.1, -0.05) is 55.5 Å². The molecule has 2 aromatic rings. The van der Waals surface area contributed by atoms with Crippen LogP contribution in [0.25, 0.3) is 17.2 Å². The van der Waals surface area contributed by atoms with E-state index in [1.165, 1.54) is 11.1 Å². The monoisotopic (exact) mass is 309 g/mol. The van der Waals surface area contributed by atoms with Crippen molar-refractivity contribution < 1.29 is 9.59 Å². The molecule has 1 saturated heterocycles. The van der Waals surface area contributed by atoms with Crippen molar-refractivity contribution in [1.29, 1.82) is 0 Å². The molecular weight excluding hydrogens is 294 g/mol. The Balaban J connectivity index is 1.82. The zero-order valence-electron chi connectivity index (χ0n) is 12.1. The molecule has 0 aliphatic carbocycles. The van der Waals surface area contributed by atoms with E-state index in [1.807, 2.05) is 24.3 Å². The predicted molar refractivity (Wildman–Crippen MR) is 90.4 cm³/mol. The summed E-state index contributed by atoms with van der Waals surface area (Å²) in [6.45, 7) is 2.14. The molecule has 0 spiro atoms. The molecule has 0 saturated carbocycles. The van der Waals surface area contributed by atoms with Crippen LogP contribution < -0.4 is 5.32 Å². The van der Waals surface area contributed by atoms with E-state index >= 15 is 0 Å². The molecule has 2 aromatic carbocycles. The van der Waals surface area contributed by atoms with Gasteiger partial charge in [-0.15, -0.1) is 0 Å². The van der Waals surface area contributed by atoms with Crippen LogP contribution in [-0.2, 0) is 11.2 Å². The molecule has 22 heavy (non-hydrogen) atoms. The second-order valence-corrected chi connectivity index (χ2v) is 6.04. The third-order valence-electron chi connectivity index (χ3n) is 3.55. The number of carbonyl (C=O) groups excluding carboxylic acids is 2. The summed E-state index contributed by atoms with van der Waals surface area (Å²) >= 11 is 0.935. The first kappa shape index (κ1) is 14.6. The average molecular weight is 309 g/mol. The number of imide groups is 1. The van der Waals surface area contributed by atoms with Gasteiger partial charge in [0.15, 0.2) is 0 Å². The Hall–Kier alpha value is -2.33. The van der Waals surface area contributed by atoms with Gasteiger partial charge in [-0.2, -0.15) is 0 Å². The molecule has 3 nitrogen and oxygen atoms in total. The minimum atomic E-state index is -0.325. The van der Waals surface area contributed by atoms with Crippen molar-refractivity contribution in [3.8, 4) is 11.1 Å². The van der Waals surface area contributed by atoms with Crippen LogP contribution in [0.5, 0.6) is 0 Å². The third-order valence-corrected chi connectivity index (χ3v) is 4.36. The summed E-state index contributed by atoms with van der Waals surface area (Å²) < 4.78 is 0. The van der Waals surface area contributed by atoms with Crippen LogP contribution in [0.15, 0.2) is 53.4 Å². The highest BCUT2D eigenvalue weighted by molar-refractivity contribution is 8.18. The summed E-state index contributed by atoms with van der Waals surface area (Å²) in [5.74, 6) is -0.325. The maximum Gasteiger partial charge on any atom is 0.290 e. The molecule has 1 N–H and O–H groups in total. The summed E-state index contributed by atoms with van der Waals surface area (Å²) in [7, 11) is 0. The molecule has 0 unspecified atom stereocenters. The summed E-state index contributed by atoms with van der Waals surface area (Å²) in [6, 6.07) is 16.4. The van der Waals surface area contributed by atoms with Crippen molar-refractivity contribution in [2.24, 2.45) is 0 Å². The number of benzene rings is 2. The van der Waals surface area contributed by atoms with Gasteiger partial charge in [0.2, 0.25) is 0 Å². The molecule has 0 bridgehead atoms. The van der Waals surface area contributed by atoms with E-state index in [0.29, 0.717) is 4.91 Å². The van der Waals surface area contributed by atoms with Crippen molar-refractivity contribution in [1.82, 2.24) is 5.32 Å². The second-order valence-electron chi connectivity index (χ2n) is 5.02. The fourth-order valence-corrected chi connectivity index (χ4v) is 2.96. The lowest BCUT2D eigenvalue weighted by atomic mass is 10.0. The van der Waals surface area contributed by atoms with Crippen molar-refractivity contribution >= 4 is 29.0 Å². The van der Waals surface area contributed by atoms with Crippen LogP contribution in [0, 0.1) is 0 Å². The van der Waals surface area contributed by atoms with E-state index in [-0.39, 0.29) is 11.1 Å². The first-order valence-corrected chi connectivity index (χ1v) is 7.91. The van der Waals surface area contributed by atoms with Crippen molar-refractivity contribution in [3.05, 3.63) is 64.6 Å². The van der Waals surface area contributed by atoms with Gasteiger partial charge in [0.1, 0.15) is 0 Å². The maximum absolute atomic E-state index is 11.5. The second kappa shape index (κ2) is 6.20. The van der Waals surface area contributed by atoms with Crippen molar-refractivity contribution in [3.63, 3.8) is 0 Å². The summed E-state index contributed by atoms with van der Waals surface area (Å²) in [4.78, 5) is 23.1. The van der Waals surface area contributed by atoms with Gasteiger partial charge in [-0.3, -0.25) is 14.9 Å². The van der Waals surface area contributed by atoms with Crippen LogP contribution >= 0.6 is 11.8 Å². The number of nitrogens with one attached hydrogen (secondary N) is 1. The molecular formula is C18H15NO2S. The number of amides is 2. The number of carbonyl (C=O) groups is 2. The normalized spacial score (nSPS) is 16.1. The van der Waals surface area contributed by atoms with Gasteiger partial charge >= 0.3 is 0 Å². The Morgan fingerprint density at radius 3 is 2.05 bits per heavy atom. The Morgan fingerprint density at radius 1 is 0.955 bits per heavy atom. The number of hydrogen-bond acceptors (Lipinski definition) is 3. The van der Waals surface area contributed by atoms with E-state index < -0.39 is 0 Å². The molecule has 3 rings (SSSR count). The standard InChI is InChI=1S/C18H15NO2S/c1-2-12-3-7-14(8-4-12)15-9-5-13(6-10-15)11-16-17(20)19-18(21)22-16/h3-11H,2H2,1H3,(H,19,20,21)/b16-11-. The molecule has 1 heterocycles. The maximum atomic E-state index is 11.5. The Bertz CT molecular complexity index is 746. The molecule has 4 heteroatoms. The van der Waals surface area contributed by atoms with Crippen LogP contribution in [0.4, 0.5) is 4.79 Å². The fourth-order valence-electron chi connectivity index (χ4n) is 2.28. The Kier molecular flexibility index (Phi) is 4.11. The molecule has 2 amide bonds. The number of hydrogen-bond donors (Lipinski definition) is 1. The number of aryl methyl sites for hydroxylation is 1. The van der Waals surface area contributed by atoms with Gasteiger partial charge < -0.3 is 0 Å². The number of rotatable bonds is 3. The van der Waals surface area contributed by atoms with E-state index in [9.17, 15) is 9.59 Å². The Labute approximate surface area is 133 Å². The molecule has 0 radical (unpaired) electrons. The first-order chi connectivity index (χ1) is 10.7. The predicted octanol–water partition coefficient (Wildman–Crippen LogP) is 4.24. The zero-order chi connectivity index (χ0) is 15.5. The number of thioether (sulfide) groups is 1. The largest absolute Gasteiger partial charge is 0.290 e. The van der Waals surface area contributed by atoms with Crippen LogP contribution in [0.3, 0.4) is 0 Å². The van der Waals surface area contributed by atoms with E-state index in [4.69, 9.17) is 0 Å². The van der Waals surface area contributed by atoms with Crippen LogP contribution in [0.2, 0.25) is 0 Å². The minimum absolute atomic E-state index is 0.316. The smallest absolute Gasteiger partial charge is 0.282 e. The first-order valence-electron chi connectivity index (χ1n) is 7.10. The molecule has 1 aliphatic rings. The minimum Gasteiger partial charge on any atom is -0.282 e. The van der Waals surface area contributed by atoms with E-state index in [1.54, 1.807) is 6.08 Å². The molecule has 1 fully saturated rings. The highest BCUT2D eigenvalue weighted by atomic mass is 32.2. The van der Waals surface area contributed by atoms with E-state index in [2.05, 4.69) is 36.5 Å². The zero-order valence-corrected chi connectivity index (χ0v) is 12.9. The average Bonchev–Trinajstić information content (AvgIpc) is 2.86. The van der Waals surface area contributed by atoms with Gasteiger partial charge in [-0.25, -0.2) is 0 Å². The SMILES string of the molecule is CCc1ccc(-c2ccc(/C=C3\SC(=O)NC3=O)cc2)cc1. The topological polar surface area (TPSA) is 46.2 Å². The summed E-state index contributed by atoms with van der Waals surface area (Å²) in [5, 5.41) is 1.94. The van der Waals surface area contributed by atoms with Crippen LogP contribution in [0.1, 0.15) is 18.1 Å². The Morgan fingerprint density at radius 2 is 1.55 bits per heavy atom. The lowest BCUT2D eigenvalue weighted by Crippen LogP contribution is -2.17. The van der Waals surface area contributed by atoms with Gasteiger partial charge in [-0.05, 0) is 46.5 Å². The third kappa shape index (κ3) is 3.12. The highest BCUT2D eigenvalue weighted by Crippen LogP contribution is 2.26. The highest BCUT2D eigenvalue weighted by Gasteiger charge is 2.24. The molecule has 1 aliphatic heterocycles. The van der Waals surface area contributed by atoms with Gasteiger partial charge in [0.25, 0.3) is 11.1 Å². The quantitative estimate of drug-likeness (QED) is 0.863. The molecule has 110 valence electrons. The van der Waals surface area contributed by atoms with Crippen molar-refractivity contribution in [2.75, 3.05) is 0 Å². The lowest BCUT2D eigenvalue weighted by molar-refractivity contribution is -0.115. The summed E-state index contributed by atoms with van der Waals surface area (Å²) in [5.41, 5.74) is 4.52. The fraction of sp³-hybridized carbons (Fsp3) is 0.111. The van der Waals surface area contributed by atoms with Gasteiger partial charge in [0.05, 0.1) is 4.91 Å². The molecule has 0 atom stereocenters. The molecule has 0 aromatic heterocycles. The van der Waals surface area contributed by atoms with Gasteiger partial charge in [0, 0.05) is 0 Å².